The molecule has 1 aromatic carbocycles. The molecule has 0 amide bonds. The number of rotatable bonds is 7. The van der Waals surface area contributed by atoms with Gasteiger partial charge in [-0.2, -0.15) is 0 Å². The lowest BCUT2D eigenvalue weighted by molar-refractivity contribution is 0.597. The number of hydrogen-bond acceptors (Lipinski definition) is 4. The van der Waals surface area contributed by atoms with Gasteiger partial charge in [0.15, 0.2) is 9.84 Å². The summed E-state index contributed by atoms with van der Waals surface area (Å²) in [6.07, 6.45) is 3.76. The molecule has 1 aromatic heterocycles. The molecule has 0 bridgehead atoms. The quantitative estimate of drug-likeness (QED) is 0.786. The Kier molecular flexibility index (Phi) is 5.34. The minimum absolute atomic E-state index is 0.129. The first-order valence-corrected chi connectivity index (χ1v) is 9.37. The molecule has 1 atom stereocenters. The van der Waals surface area contributed by atoms with Gasteiger partial charge in [-0.25, -0.2) is 8.42 Å². The molecule has 0 saturated heterocycles. The first-order valence-electron chi connectivity index (χ1n) is 7.71. The highest BCUT2D eigenvalue weighted by Gasteiger charge is 2.15. The smallest absolute Gasteiger partial charge is 0.178 e. The van der Waals surface area contributed by atoms with Crippen molar-refractivity contribution in [3.8, 4) is 0 Å². The number of sulfone groups is 1. The van der Waals surface area contributed by atoms with Gasteiger partial charge in [-0.15, -0.1) is 5.10 Å². The number of benzene rings is 1. The molecule has 2 aromatic rings. The molecule has 0 aliphatic carbocycles. The maximum absolute atomic E-state index is 11.9. The summed E-state index contributed by atoms with van der Waals surface area (Å²) in [6, 6.07) is 7.25. The number of aryl methyl sites for hydroxylation is 1. The molecule has 5 nitrogen and oxygen atoms in total. The Hall–Kier alpha value is -1.69. The fourth-order valence-corrected chi connectivity index (χ4v) is 3.34. The lowest BCUT2D eigenvalue weighted by Crippen LogP contribution is -2.06. The summed E-state index contributed by atoms with van der Waals surface area (Å²) in [4.78, 5) is 0.394. The number of aromatic nitrogens is 3. The van der Waals surface area contributed by atoms with E-state index in [2.05, 4.69) is 17.2 Å². The second kappa shape index (κ2) is 7.05. The molecule has 0 fully saturated rings. The van der Waals surface area contributed by atoms with Crippen LogP contribution in [0.4, 0.5) is 0 Å². The van der Waals surface area contributed by atoms with Crippen LogP contribution in [0.2, 0.25) is 0 Å². The van der Waals surface area contributed by atoms with Crippen LogP contribution in [0, 0.1) is 0 Å². The van der Waals surface area contributed by atoms with Gasteiger partial charge in [0, 0.05) is 12.7 Å². The molecule has 0 radical (unpaired) electrons. The molecule has 0 aliphatic heterocycles. The van der Waals surface area contributed by atoms with Crippen molar-refractivity contribution in [2.75, 3.05) is 5.75 Å². The van der Waals surface area contributed by atoms with E-state index in [1.54, 1.807) is 19.1 Å². The van der Waals surface area contributed by atoms with Crippen molar-refractivity contribution >= 4 is 9.84 Å². The molecule has 0 N–H and O–H groups in total. The van der Waals surface area contributed by atoms with Gasteiger partial charge in [0.2, 0.25) is 0 Å². The Balaban J connectivity index is 2.17. The standard InChI is InChI=1S/C16H23N3O2S/c1-4-13(11-15-12-19(5-2)18-17-15)14-7-9-16(10-8-14)22(20,21)6-3/h7-10,12-13H,4-6,11H2,1-3H3. The highest BCUT2D eigenvalue weighted by Crippen LogP contribution is 2.25. The zero-order valence-corrected chi connectivity index (χ0v) is 14.2. The third-order valence-corrected chi connectivity index (χ3v) is 5.70. The summed E-state index contributed by atoms with van der Waals surface area (Å²) in [5.41, 5.74) is 2.11. The van der Waals surface area contributed by atoms with E-state index in [9.17, 15) is 8.42 Å². The van der Waals surface area contributed by atoms with Crippen molar-refractivity contribution in [2.24, 2.45) is 0 Å². The van der Waals surface area contributed by atoms with Gasteiger partial charge in [-0.3, -0.25) is 4.68 Å². The maximum Gasteiger partial charge on any atom is 0.178 e. The van der Waals surface area contributed by atoms with E-state index >= 15 is 0 Å². The summed E-state index contributed by atoms with van der Waals surface area (Å²) < 4.78 is 25.5. The molecule has 1 heterocycles. The van der Waals surface area contributed by atoms with Crippen LogP contribution >= 0.6 is 0 Å². The largest absolute Gasteiger partial charge is 0.253 e. The zero-order chi connectivity index (χ0) is 16.2. The van der Waals surface area contributed by atoms with Crippen molar-refractivity contribution < 1.29 is 8.42 Å². The first kappa shape index (κ1) is 16.7. The predicted molar refractivity (Wildman–Crippen MR) is 86.6 cm³/mol. The fraction of sp³-hybridized carbons (Fsp3) is 0.500. The third-order valence-electron chi connectivity index (χ3n) is 3.95. The lowest BCUT2D eigenvalue weighted by atomic mass is 9.92. The Morgan fingerprint density at radius 2 is 1.82 bits per heavy atom. The number of nitrogens with zero attached hydrogens (tertiary/aromatic N) is 3. The van der Waals surface area contributed by atoms with Crippen molar-refractivity contribution in [1.29, 1.82) is 0 Å². The van der Waals surface area contributed by atoms with E-state index < -0.39 is 9.84 Å². The van der Waals surface area contributed by atoms with Crippen molar-refractivity contribution in [3.05, 3.63) is 41.7 Å². The molecule has 0 aliphatic rings. The minimum atomic E-state index is -3.13. The van der Waals surface area contributed by atoms with Crippen LogP contribution in [0.15, 0.2) is 35.4 Å². The summed E-state index contributed by atoms with van der Waals surface area (Å²) >= 11 is 0. The van der Waals surface area contributed by atoms with E-state index in [1.807, 2.05) is 29.9 Å². The van der Waals surface area contributed by atoms with Crippen molar-refractivity contribution in [3.63, 3.8) is 0 Å². The second-order valence-electron chi connectivity index (χ2n) is 5.35. The molecule has 2 rings (SSSR count). The van der Waals surface area contributed by atoms with E-state index in [0.717, 1.165) is 30.6 Å². The minimum Gasteiger partial charge on any atom is -0.253 e. The fourth-order valence-electron chi connectivity index (χ4n) is 2.45. The van der Waals surface area contributed by atoms with E-state index in [1.165, 1.54) is 0 Å². The Labute approximate surface area is 132 Å². The molecule has 120 valence electrons. The van der Waals surface area contributed by atoms with Crippen molar-refractivity contribution in [2.45, 2.75) is 51.0 Å². The average molecular weight is 321 g/mol. The third kappa shape index (κ3) is 3.74. The monoisotopic (exact) mass is 321 g/mol. The molecular weight excluding hydrogens is 298 g/mol. The van der Waals surface area contributed by atoms with Gasteiger partial charge in [-0.1, -0.05) is 31.2 Å². The molecule has 22 heavy (non-hydrogen) atoms. The Bertz CT molecular complexity index is 705. The van der Waals surface area contributed by atoms with E-state index in [-0.39, 0.29) is 5.75 Å². The van der Waals surface area contributed by atoms with E-state index in [4.69, 9.17) is 0 Å². The van der Waals surface area contributed by atoms with E-state index in [0.29, 0.717) is 10.8 Å². The van der Waals surface area contributed by atoms with Gasteiger partial charge in [-0.05, 0) is 43.4 Å². The SMILES string of the molecule is CCC(Cc1cn(CC)nn1)c1ccc(S(=O)(=O)CC)cc1. The van der Waals surface area contributed by atoms with Gasteiger partial charge in [0.25, 0.3) is 0 Å². The van der Waals surface area contributed by atoms with Crippen LogP contribution in [-0.4, -0.2) is 29.2 Å². The van der Waals surface area contributed by atoms with Crippen LogP contribution in [0.25, 0.3) is 0 Å². The molecule has 0 spiro atoms. The molecule has 1 unspecified atom stereocenters. The zero-order valence-electron chi connectivity index (χ0n) is 13.4. The summed E-state index contributed by atoms with van der Waals surface area (Å²) in [6.45, 7) is 6.64. The summed E-state index contributed by atoms with van der Waals surface area (Å²) in [7, 11) is -3.13. The highest BCUT2D eigenvalue weighted by molar-refractivity contribution is 7.91. The van der Waals surface area contributed by atoms with Crippen LogP contribution < -0.4 is 0 Å². The molecular formula is C16H23N3O2S. The summed E-state index contributed by atoms with van der Waals surface area (Å²) in [5.74, 6) is 0.448. The van der Waals surface area contributed by atoms with Gasteiger partial charge < -0.3 is 0 Å². The topological polar surface area (TPSA) is 64.8 Å². The van der Waals surface area contributed by atoms with Gasteiger partial charge in [0.1, 0.15) is 0 Å². The Morgan fingerprint density at radius 1 is 1.14 bits per heavy atom. The maximum atomic E-state index is 11.9. The van der Waals surface area contributed by atoms with Crippen LogP contribution in [0.5, 0.6) is 0 Å². The Morgan fingerprint density at radius 3 is 2.32 bits per heavy atom. The average Bonchev–Trinajstić information content (AvgIpc) is 3.00. The highest BCUT2D eigenvalue weighted by atomic mass is 32.2. The van der Waals surface area contributed by atoms with Gasteiger partial charge in [0.05, 0.1) is 16.3 Å². The second-order valence-corrected chi connectivity index (χ2v) is 7.63. The van der Waals surface area contributed by atoms with Crippen LogP contribution in [-0.2, 0) is 22.8 Å². The molecule has 0 saturated carbocycles. The summed E-state index contributed by atoms with van der Waals surface area (Å²) in [5, 5.41) is 8.25. The molecule has 6 heteroatoms. The normalized spacial score (nSPS) is 13.2. The first-order chi connectivity index (χ1) is 10.5. The van der Waals surface area contributed by atoms with Crippen molar-refractivity contribution in [1.82, 2.24) is 15.0 Å². The lowest BCUT2D eigenvalue weighted by Gasteiger charge is -2.14. The van der Waals surface area contributed by atoms with Crippen LogP contribution in [0.3, 0.4) is 0 Å². The van der Waals surface area contributed by atoms with Crippen LogP contribution in [0.1, 0.15) is 44.4 Å². The predicted octanol–water partition coefficient (Wildman–Crippen LogP) is 2.83. The number of hydrogen-bond donors (Lipinski definition) is 0. The van der Waals surface area contributed by atoms with Gasteiger partial charge >= 0.3 is 0 Å².